The monoisotopic (exact) mass is 313 g/mol. The molecule has 0 aliphatic carbocycles. The van der Waals surface area contributed by atoms with Crippen LogP contribution >= 0.6 is 11.6 Å². The summed E-state index contributed by atoms with van der Waals surface area (Å²) in [6.07, 6.45) is 1.42. The van der Waals surface area contributed by atoms with E-state index in [0.29, 0.717) is 24.4 Å². The summed E-state index contributed by atoms with van der Waals surface area (Å²) in [5.41, 5.74) is 0. The molecule has 2 rings (SSSR count). The largest absolute Gasteiger partial charge is 0.290 e. The van der Waals surface area contributed by atoms with Crippen molar-refractivity contribution < 1.29 is 8.42 Å². The molecule has 1 saturated heterocycles. The highest BCUT2D eigenvalue weighted by Crippen LogP contribution is 2.18. The number of hydrogen-bond acceptors (Lipinski definition) is 4. The first kappa shape index (κ1) is 15.3. The number of piperidine rings is 1. The van der Waals surface area contributed by atoms with Crippen molar-refractivity contribution in [2.75, 3.05) is 19.6 Å². The van der Waals surface area contributed by atoms with Crippen LogP contribution in [-0.2, 0) is 10.0 Å². The highest BCUT2D eigenvalue weighted by molar-refractivity contribution is 7.89. The molecule has 5 nitrogen and oxygen atoms in total. The maximum Gasteiger partial charge on any atom is 0.240 e. The lowest BCUT2D eigenvalue weighted by Gasteiger charge is -2.30. The van der Waals surface area contributed by atoms with Crippen LogP contribution in [0.2, 0.25) is 5.02 Å². The zero-order valence-electron chi connectivity index (χ0n) is 10.9. The molecule has 0 amide bonds. The van der Waals surface area contributed by atoms with Gasteiger partial charge in [0.15, 0.2) is 0 Å². The first-order valence-electron chi connectivity index (χ1n) is 6.38. The lowest BCUT2D eigenvalue weighted by molar-refractivity contribution is 0.229. The van der Waals surface area contributed by atoms with Gasteiger partial charge in [-0.15, -0.1) is 0 Å². The van der Waals surface area contributed by atoms with Gasteiger partial charge in [0.1, 0.15) is 0 Å². The van der Waals surface area contributed by atoms with E-state index >= 15 is 0 Å². The fraction of sp³-hybridized carbons (Fsp3) is 0.462. The fourth-order valence-corrected chi connectivity index (χ4v) is 3.84. The molecule has 0 aromatic heterocycles. The summed E-state index contributed by atoms with van der Waals surface area (Å²) in [4.78, 5) is 2.20. The fourth-order valence-electron chi connectivity index (χ4n) is 2.23. The molecule has 108 valence electrons. The van der Waals surface area contributed by atoms with Crippen LogP contribution in [0.15, 0.2) is 29.2 Å². The molecule has 1 fully saturated rings. The Balaban J connectivity index is 1.98. The Morgan fingerprint density at radius 2 is 2.10 bits per heavy atom. The molecule has 0 saturated carbocycles. The molecule has 0 radical (unpaired) electrons. The highest BCUT2D eigenvalue weighted by Gasteiger charge is 2.24. The summed E-state index contributed by atoms with van der Waals surface area (Å²) in [6, 6.07) is 8.24. The van der Waals surface area contributed by atoms with Crippen LogP contribution in [0.25, 0.3) is 0 Å². The van der Waals surface area contributed by atoms with Gasteiger partial charge in [-0.3, -0.25) is 4.90 Å². The van der Waals surface area contributed by atoms with Gasteiger partial charge in [-0.05, 0) is 31.0 Å². The van der Waals surface area contributed by atoms with Crippen molar-refractivity contribution in [3.8, 4) is 6.07 Å². The summed E-state index contributed by atoms with van der Waals surface area (Å²) in [5, 5.41) is 9.03. The predicted molar refractivity (Wildman–Crippen MR) is 76.8 cm³/mol. The Morgan fingerprint density at radius 3 is 2.70 bits per heavy atom. The molecule has 1 aliphatic rings. The van der Waals surface area contributed by atoms with Crippen LogP contribution in [0.3, 0.4) is 0 Å². The summed E-state index contributed by atoms with van der Waals surface area (Å²) in [5.74, 6) is 0. The van der Waals surface area contributed by atoms with Gasteiger partial charge in [0.25, 0.3) is 0 Å². The Labute approximate surface area is 124 Å². The Kier molecular flexibility index (Phi) is 5.00. The zero-order valence-corrected chi connectivity index (χ0v) is 12.5. The molecule has 1 heterocycles. The van der Waals surface area contributed by atoms with Crippen LogP contribution < -0.4 is 4.72 Å². The summed E-state index contributed by atoms with van der Waals surface area (Å²) >= 11 is 5.82. The maximum absolute atomic E-state index is 12.2. The molecule has 0 bridgehead atoms. The Hall–Kier alpha value is -1.13. The van der Waals surface area contributed by atoms with Crippen molar-refractivity contribution >= 4 is 21.6 Å². The smallest absolute Gasteiger partial charge is 0.240 e. The molecular weight excluding hydrogens is 298 g/mol. The third kappa shape index (κ3) is 3.93. The second-order valence-corrected chi connectivity index (χ2v) is 6.94. The number of sulfonamides is 1. The van der Waals surface area contributed by atoms with E-state index < -0.39 is 10.0 Å². The minimum Gasteiger partial charge on any atom is -0.290 e. The quantitative estimate of drug-likeness (QED) is 0.857. The number of nitriles is 1. The lowest BCUT2D eigenvalue weighted by atomic mass is 10.1. The van der Waals surface area contributed by atoms with E-state index in [9.17, 15) is 8.42 Å². The average molecular weight is 314 g/mol. The standard InChI is InChI=1S/C13H16ClN3O2S/c14-11-2-1-3-13(10-11)20(18,19)16-12-4-7-17(8-5-12)9-6-15/h1-3,10,12,16H,4-5,7-9H2. The summed E-state index contributed by atoms with van der Waals surface area (Å²) in [6.45, 7) is 1.86. The van der Waals surface area contributed by atoms with Gasteiger partial charge in [-0.25, -0.2) is 13.1 Å². The normalized spacial score (nSPS) is 17.8. The molecule has 1 aromatic rings. The van der Waals surface area contributed by atoms with Crippen molar-refractivity contribution in [3.05, 3.63) is 29.3 Å². The molecule has 0 atom stereocenters. The van der Waals surface area contributed by atoms with E-state index in [-0.39, 0.29) is 10.9 Å². The van der Waals surface area contributed by atoms with E-state index in [1.807, 2.05) is 4.90 Å². The second-order valence-electron chi connectivity index (χ2n) is 4.79. The minimum absolute atomic E-state index is 0.0890. The Bertz CT molecular complexity index is 604. The maximum atomic E-state index is 12.2. The molecule has 1 N–H and O–H groups in total. The first-order chi connectivity index (χ1) is 9.51. The van der Waals surface area contributed by atoms with Gasteiger partial charge in [-0.2, -0.15) is 5.26 Å². The number of nitrogens with one attached hydrogen (secondary N) is 1. The lowest BCUT2D eigenvalue weighted by Crippen LogP contribution is -2.44. The number of rotatable bonds is 4. The predicted octanol–water partition coefficient (Wildman–Crippen LogP) is 1.61. The number of nitrogens with zero attached hydrogens (tertiary/aromatic N) is 2. The average Bonchev–Trinajstić information content (AvgIpc) is 2.41. The third-order valence-electron chi connectivity index (χ3n) is 3.31. The van der Waals surface area contributed by atoms with E-state index in [0.717, 1.165) is 13.1 Å². The molecular formula is C13H16ClN3O2S. The third-order valence-corrected chi connectivity index (χ3v) is 5.06. The van der Waals surface area contributed by atoms with Gasteiger partial charge in [-0.1, -0.05) is 17.7 Å². The SMILES string of the molecule is N#CCN1CCC(NS(=O)(=O)c2cccc(Cl)c2)CC1. The van der Waals surface area contributed by atoms with Crippen molar-refractivity contribution in [2.24, 2.45) is 0 Å². The van der Waals surface area contributed by atoms with Crippen LogP contribution in [0.1, 0.15) is 12.8 Å². The van der Waals surface area contributed by atoms with Gasteiger partial charge < -0.3 is 0 Å². The molecule has 0 unspecified atom stereocenters. The van der Waals surface area contributed by atoms with E-state index in [2.05, 4.69) is 10.8 Å². The molecule has 1 aliphatic heterocycles. The summed E-state index contributed by atoms with van der Waals surface area (Å²) < 4.78 is 27.2. The Morgan fingerprint density at radius 1 is 1.40 bits per heavy atom. The van der Waals surface area contributed by atoms with Crippen molar-refractivity contribution in [1.82, 2.24) is 9.62 Å². The second kappa shape index (κ2) is 6.55. The number of halogens is 1. The van der Waals surface area contributed by atoms with Crippen LogP contribution in [-0.4, -0.2) is 39.0 Å². The molecule has 1 aromatic carbocycles. The number of likely N-dealkylation sites (tertiary alicyclic amines) is 1. The van der Waals surface area contributed by atoms with Gasteiger partial charge in [0, 0.05) is 24.2 Å². The zero-order chi connectivity index (χ0) is 14.6. The topological polar surface area (TPSA) is 73.2 Å². The summed E-state index contributed by atoms with van der Waals surface area (Å²) in [7, 11) is -3.53. The molecule has 20 heavy (non-hydrogen) atoms. The van der Waals surface area contributed by atoms with Crippen molar-refractivity contribution in [1.29, 1.82) is 5.26 Å². The molecule has 0 spiro atoms. The minimum atomic E-state index is -3.53. The van der Waals surface area contributed by atoms with Crippen LogP contribution in [0.4, 0.5) is 0 Å². The van der Waals surface area contributed by atoms with Crippen LogP contribution in [0.5, 0.6) is 0 Å². The molecule has 7 heteroatoms. The highest BCUT2D eigenvalue weighted by atomic mass is 35.5. The van der Waals surface area contributed by atoms with E-state index in [1.54, 1.807) is 12.1 Å². The van der Waals surface area contributed by atoms with E-state index in [1.165, 1.54) is 12.1 Å². The van der Waals surface area contributed by atoms with Gasteiger partial charge in [0.2, 0.25) is 10.0 Å². The van der Waals surface area contributed by atoms with Gasteiger partial charge >= 0.3 is 0 Å². The van der Waals surface area contributed by atoms with Crippen LogP contribution in [0, 0.1) is 11.3 Å². The van der Waals surface area contributed by atoms with Gasteiger partial charge in [0.05, 0.1) is 17.5 Å². The number of hydrogen-bond donors (Lipinski definition) is 1. The van der Waals surface area contributed by atoms with Crippen molar-refractivity contribution in [2.45, 2.75) is 23.8 Å². The number of benzene rings is 1. The van der Waals surface area contributed by atoms with E-state index in [4.69, 9.17) is 16.9 Å². The van der Waals surface area contributed by atoms with Crippen molar-refractivity contribution in [3.63, 3.8) is 0 Å². The first-order valence-corrected chi connectivity index (χ1v) is 8.24.